The van der Waals surface area contributed by atoms with Crippen molar-refractivity contribution in [2.24, 2.45) is 0 Å². The molecule has 1 saturated heterocycles. The second kappa shape index (κ2) is 17.0. The van der Waals surface area contributed by atoms with Crippen LogP contribution >= 0.6 is 0 Å². The van der Waals surface area contributed by atoms with E-state index in [0.717, 1.165) is 4.90 Å². The van der Waals surface area contributed by atoms with E-state index in [4.69, 9.17) is 23.7 Å². The van der Waals surface area contributed by atoms with Gasteiger partial charge in [-0.15, -0.1) is 0 Å². The van der Waals surface area contributed by atoms with E-state index >= 15 is 0 Å². The van der Waals surface area contributed by atoms with Crippen LogP contribution in [0.4, 0.5) is 21.0 Å². The summed E-state index contributed by atoms with van der Waals surface area (Å²) in [6, 6.07) is 6.78. The smallest absolute Gasteiger partial charge is 0.416 e. The quantitative estimate of drug-likeness (QED) is 0.151. The van der Waals surface area contributed by atoms with Gasteiger partial charge in [0.15, 0.2) is 17.7 Å². The topological polar surface area (TPSA) is 182 Å². The van der Waals surface area contributed by atoms with Crippen molar-refractivity contribution < 1.29 is 52.8 Å². The van der Waals surface area contributed by atoms with Gasteiger partial charge in [0.05, 0.1) is 31.5 Å². The van der Waals surface area contributed by atoms with E-state index in [1.165, 1.54) is 38.5 Å². The number of carbonyl (C=O) groups excluding carboxylic acids is 5. The van der Waals surface area contributed by atoms with Crippen molar-refractivity contribution in [3.8, 4) is 11.5 Å². The zero-order valence-electron chi connectivity index (χ0n) is 27.3. The molecule has 0 aliphatic carbocycles. The summed E-state index contributed by atoms with van der Waals surface area (Å²) in [5, 5.41) is 16.5. The Labute approximate surface area is 283 Å². The molecule has 2 heterocycles. The molecule has 3 atom stereocenters. The Bertz CT molecular complexity index is 1560. The number of methoxy groups -OCH3 is 2. The monoisotopic (exact) mass is 680 g/mol. The van der Waals surface area contributed by atoms with Crippen molar-refractivity contribution in [1.82, 2.24) is 10.2 Å². The van der Waals surface area contributed by atoms with Gasteiger partial charge >= 0.3 is 24.1 Å². The van der Waals surface area contributed by atoms with Gasteiger partial charge in [-0.2, -0.15) is 0 Å². The molecule has 2 aliphatic heterocycles. The number of esters is 2. The normalized spacial score (nSPS) is 17.0. The first-order valence-electron chi connectivity index (χ1n) is 15.5. The average Bonchev–Trinajstić information content (AvgIpc) is 3.58. The summed E-state index contributed by atoms with van der Waals surface area (Å²) in [5.41, 5.74) is 1.20. The van der Waals surface area contributed by atoms with Gasteiger partial charge in [0.1, 0.15) is 25.9 Å². The molecule has 262 valence electrons. The molecule has 1 fully saturated rings. The number of hydrogen-bond acceptors (Lipinski definition) is 11. The first-order valence-corrected chi connectivity index (χ1v) is 15.5. The Morgan fingerprint density at radius 1 is 1.00 bits per heavy atom. The van der Waals surface area contributed by atoms with Gasteiger partial charge in [0, 0.05) is 24.7 Å². The van der Waals surface area contributed by atoms with E-state index in [2.05, 4.69) is 23.8 Å². The van der Waals surface area contributed by atoms with Gasteiger partial charge in [-0.1, -0.05) is 37.4 Å². The fourth-order valence-corrected chi connectivity index (χ4v) is 5.47. The molecule has 2 aromatic carbocycles. The minimum absolute atomic E-state index is 0.0206. The highest BCUT2D eigenvalue weighted by Gasteiger charge is 2.45. The third kappa shape index (κ3) is 8.87. The molecular weight excluding hydrogens is 640 g/mol. The van der Waals surface area contributed by atoms with Crippen LogP contribution in [-0.2, 0) is 30.4 Å². The third-order valence-corrected chi connectivity index (χ3v) is 7.86. The molecule has 0 saturated carbocycles. The Morgan fingerprint density at radius 2 is 1.67 bits per heavy atom. The van der Waals surface area contributed by atoms with Gasteiger partial charge in [-0.05, 0) is 43.0 Å². The number of benzene rings is 2. The maximum atomic E-state index is 13.5. The summed E-state index contributed by atoms with van der Waals surface area (Å²) in [6.45, 7) is 7.14. The molecular formula is C34H40N4O11. The molecule has 4 amide bonds. The lowest BCUT2D eigenvalue weighted by Gasteiger charge is -2.31. The number of amides is 4. The van der Waals surface area contributed by atoms with E-state index in [1.807, 2.05) is 0 Å². The molecule has 0 unspecified atom stereocenters. The lowest BCUT2D eigenvalue weighted by Crippen LogP contribution is -2.50. The highest BCUT2D eigenvalue weighted by atomic mass is 16.6. The standard InChI is InChI=1S/C34H40N4O11/c1-5-16-47-29(39)14-13-24(32(42)48-17-6-2)36-33(43)35-22-11-9-21(10-12-22)20-49-34(44)38-26-19-28(46-4)27(45-3)18-23(26)30(40)37-15-7-8-25(37)31(38)41/h5-6,9-12,18-19,24-25,31,41H,1-2,7-8,13-17,20H2,3-4H3,(H2,35,36,43)/t24-,25-,31-/m0/s1. The molecule has 2 aliphatic rings. The summed E-state index contributed by atoms with van der Waals surface area (Å²) in [6.07, 6.45) is 1.49. The van der Waals surface area contributed by atoms with E-state index in [-0.39, 0.29) is 55.6 Å². The van der Waals surface area contributed by atoms with Gasteiger partial charge < -0.3 is 44.3 Å². The molecule has 0 bridgehead atoms. The Kier molecular flexibility index (Phi) is 12.6. The molecule has 49 heavy (non-hydrogen) atoms. The third-order valence-electron chi connectivity index (χ3n) is 7.86. The van der Waals surface area contributed by atoms with Crippen LogP contribution in [-0.4, -0.2) is 92.3 Å². The van der Waals surface area contributed by atoms with Crippen LogP contribution in [0.2, 0.25) is 0 Å². The fraction of sp³-hybridized carbons (Fsp3) is 0.382. The number of ether oxygens (including phenoxy) is 5. The average molecular weight is 681 g/mol. The summed E-state index contributed by atoms with van der Waals surface area (Å²) in [7, 11) is 2.85. The number of urea groups is 1. The number of rotatable bonds is 14. The second-order valence-corrected chi connectivity index (χ2v) is 11.0. The van der Waals surface area contributed by atoms with Crippen LogP contribution in [0.3, 0.4) is 0 Å². The minimum Gasteiger partial charge on any atom is -0.493 e. The summed E-state index contributed by atoms with van der Waals surface area (Å²) in [5.74, 6) is -1.10. The first kappa shape index (κ1) is 36.3. The molecule has 0 radical (unpaired) electrons. The van der Waals surface area contributed by atoms with Crippen molar-refractivity contribution in [2.75, 3.05) is 44.2 Å². The zero-order chi connectivity index (χ0) is 35.5. The highest BCUT2D eigenvalue weighted by molar-refractivity contribution is 6.06. The Balaban J connectivity index is 1.41. The molecule has 0 aromatic heterocycles. The summed E-state index contributed by atoms with van der Waals surface area (Å²) >= 11 is 0. The Hall–Kier alpha value is -5.57. The van der Waals surface area contributed by atoms with Crippen LogP contribution in [0.1, 0.15) is 41.6 Å². The second-order valence-electron chi connectivity index (χ2n) is 11.0. The van der Waals surface area contributed by atoms with Crippen LogP contribution in [0, 0.1) is 0 Å². The van der Waals surface area contributed by atoms with Gasteiger partial charge in [-0.3, -0.25) is 9.59 Å². The Morgan fingerprint density at radius 3 is 2.35 bits per heavy atom. The van der Waals surface area contributed by atoms with Crippen LogP contribution < -0.4 is 25.0 Å². The van der Waals surface area contributed by atoms with E-state index < -0.39 is 42.4 Å². The van der Waals surface area contributed by atoms with Gasteiger partial charge in [0.2, 0.25) is 0 Å². The van der Waals surface area contributed by atoms with Gasteiger partial charge in [-0.25, -0.2) is 19.3 Å². The van der Waals surface area contributed by atoms with Crippen molar-refractivity contribution in [2.45, 2.75) is 50.6 Å². The zero-order valence-corrected chi connectivity index (χ0v) is 27.3. The SMILES string of the molecule is C=CCOC(=O)CC[C@H](NC(=O)Nc1ccc(COC(=O)N2c3cc(OC)c(OC)cc3C(=O)N3CCC[C@H]3[C@@H]2O)cc1)C(=O)OCC=C. The summed E-state index contributed by atoms with van der Waals surface area (Å²) < 4.78 is 26.3. The predicted molar refractivity (Wildman–Crippen MR) is 176 cm³/mol. The first-order chi connectivity index (χ1) is 23.6. The molecule has 0 spiro atoms. The number of carbonyl (C=O) groups is 5. The molecule has 3 N–H and O–H groups in total. The number of fused-ring (bicyclic) bond motifs is 2. The fourth-order valence-electron chi connectivity index (χ4n) is 5.47. The molecule has 15 heteroatoms. The maximum absolute atomic E-state index is 13.5. The molecule has 2 aromatic rings. The van der Waals surface area contributed by atoms with Crippen molar-refractivity contribution >= 4 is 41.3 Å². The number of nitrogens with one attached hydrogen (secondary N) is 2. The van der Waals surface area contributed by atoms with Gasteiger partial charge in [0.25, 0.3) is 5.91 Å². The van der Waals surface area contributed by atoms with Crippen molar-refractivity contribution in [3.63, 3.8) is 0 Å². The van der Waals surface area contributed by atoms with Crippen molar-refractivity contribution in [1.29, 1.82) is 0 Å². The lowest BCUT2D eigenvalue weighted by atomic mass is 10.1. The highest BCUT2D eigenvalue weighted by Crippen LogP contribution is 2.41. The minimum atomic E-state index is -1.38. The lowest BCUT2D eigenvalue weighted by molar-refractivity contribution is -0.146. The van der Waals surface area contributed by atoms with Crippen LogP contribution in [0.25, 0.3) is 0 Å². The largest absolute Gasteiger partial charge is 0.493 e. The predicted octanol–water partition coefficient (Wildman–Crippen LogP) is 3.51. The molecule has 15 nitrogen and oxygen atoms in total. The van der Waals surface area contributed by atoms with Crippen LogP contribution in [0.15, 0.2) is 61.7 Å². The molecule has 4 rings (SSSR count). The summed E-state index contributed by atoms with van der Waals surface area (Å²) in [4.78, 5) is 66.7. The maximum Gasteiger partial charge on any atom is 0.416 e. The van der Waals surface area contributed by atoms with Crippen LogP contribution in [0.5, 0.6) is 11.5 Å². The number of aliphatic hydroxyl groups excluding tert-OH is 1. The van der Waals surface area contributed by atoms with E-state index in [1.54, 1.807) is 29.2 Å². The van der Waals surface area contributed by atoms with E-state index in [0.29, 0.717) is 36.4 Å². The van der Waals surface area contributed by atoms with Crippen molar-refractivity contribution in [3.05, 3.63) is 72.8 Å². The number of aliphatic hydroxyl groups is 1. The number of nitrogens with zero attached hydrogens (tertiary/aromatic N) is 2. The number of anilines is 2. The van der Waals surface area contributed by atoms with E-state index in [9.17, 15) is 29.1 Å². The number of hydrogen-bond donors (Lipinski definition) is 3.